The number of hydrogen-bond acceptors (Lipinski definition) is 5. The molecule has 0 atom stereocenters. The molecule has 1 rings (SSSR count). The molecule has 86 valence electrons. The second kappa shape index (κ2) is 6.74. The zero-order valence-electron chi connectivity index (χ0n) is 9.57. The largest absolute Gasteiger partial charge is 0.374 e. The first-order valence-electron chi connectivity index (χ1n) is 5.56. The highest BCUT2D eigenvalue weighted by atomic mass is 32.1. The van der Waals surface area contributed by atoms with Gasteiger partial charge in [0.2, 0.25) is 5.13 Å². The van der Waals surface area contributed by atoms with Crippen LogP contribution in [-0.4, -0.2) is 34.7 Å². The number of rotatable bonds is 7. The zero-order valence-corrected chi connectivity index (χ0v) is 10.4. The van der Waals surface area contributed by atoms with Crippen LogP contribution in [0.3, 0.4) is 0 Å². The van der Waals surface area contributed by atoms with Crippen molar-refractivity contribution in [3.8, 4) is 0 Å². The molecule has 0 aromatic carbocycles. The maximum absolute atomic E-state index is 5.53. The maximum atomic E-state index is 5.53. The average molecular weight is 228 g/mol. The van der Waals surface area contributed by atoms with Gasteiger partial charge in [-0.25, -0.2) is 0 Å². The van der Waals surface area contributed by atoms with Crippen molar-refractivity contribution < 1.29 is 0 Å². The van der Waals surface area contributed by atoms with Gasteiger partial charge in [0.1, 0.15) is 5.01 Å². The van der Waals surface area contributed by atoms with E-state index in [-0.39, 0.29) is 0 Å². The van der Waals surface area contributed by atoms with Gasteiger partial charge in [-0.05, 0) is 25.9 Å². The normalized spacial score (nSPS) is 11.1. The first-order chi connectivity index (χ1) is 7.26. The SMILES string of the molecule is CCCN(CCC)CCc1nnc(N)s1. The topological polar surface area (TPSA) is 55.0 Å². The predicted molar refractivity (Wildman–Crippen MR) is 65.0 cm³/mol. The van der Waals surface area contributed by atoms with Gasteiger partial charge in [-0.15, -0.1) is 10.2 Å². The van der Waals surface area contributed by atoms with Crippen LogP contribution < -0.4 is 5.73 Å². The Morgan fingerprint density at radius 3 is 2.27 bits per heavy atom. The summed E-state index contributed by atoms with van der Waals surface area (Å²) in [5.74, 6) is 0. The lowest BCUT2D eigenvalue weighted by molar-refractivity contribution is 0.278. The molecule has 15 heavy (non-hydrogen) atoms. The lowest BCUT2D eigenvalue weighted by Crippen LogP contribution is -2.27. The molecule has 0 saturated heterocycles. The highest BCUT2D eigenvalue weighted by Crippen LogP contribution is 2.11. The number of nitrogen functional groups attached to an aromatic ring is 1. The minimum atomic E-state index is 0.572. The van der Waals surface area contributed by atoms with Gasteiger partial charge >= 0.3 is 0 Å². The third-order valence-electron chi connectivity index (χ3n) is 2.20. The smallest absolute Gasteiger partial charge is 0.203 e. The molecule has 0 saturated carbocycles. The molecule has 0 fully saturated rings. The molecule has 1 aromatic heterocycles. The van der Waals surface area contributed by atoms with Crippen LogP contribution >= 0.6 is 11.3 Å². The van der Waals surface area contributed by atoms with Crippen molar-refractivity contribution in [1.82, 2.24) is 15.1 Å². The molecule has 0 unspecified atom stereocenters. The van der Waals surface area contributed by atoms with Crippen molar-refractivity contribution in [1.29, 1.82) is 0 Å². The molecule has 2 N–H and O–H groups in total. The molecule has 0 aliphatic carbocycles. The molecule has 1 heterocycles. The van der Waals surface area contributed by atoms with Crippen molar-refractivity contribution in [2.75, 3.05) is 25.4 Å². The van der Waals surface area contributed by atoms with E-state index in [4.69, 9.17) is 5.73 Å². The summed E-state index contributed by atoms with van der Waals surface area (Å²) in [6.07, 6.45) is 3.38. The molecule has 5 heteroatoms. The third kappa shape index (κ3) is 4.57. The molecule has 0 aliphatic rings. The standard InChI is InChI=1S/C10H20N4S/c1-3-6-14(7-4-2)8-5-9-12-13-10(11)15-9/h3-8H2,1-2H3,(H2,11,13). The van der Waals surface area contributed by atoms with Gasteiger partial charge < -0.3 is 10.6 Å². The molecule has 4 nitrogen and oxygen atoms in total. The van der Waals surface area contributed by atoms with Crippen molar-refractivity contribution in [3.63, 3.8) is 0 Å². The first kappa shape index (κ1) is 12.4. The number of nitrogens with zero attached hydrogens (tertiary/aromatic N) is 3. The lowest BCUT2D eigenvalue weighted by atomic mass is 10.3. The van der Waals surface area contributed by atoms with E-state index in [0.717, 1.165) is 18.0 Å². The van der Waals surface area contributed by atoms with E-state index in [1.54, 1.807) is 0 Å². The second-order valence-electron chi connectivity index (χ2n) is 3.63. The van der Waals surface area contributed by atoms with Crippen LogP contribution in [0.4, 0.5) is 5.13 Å². The average Bonchev–Trinajstić information content (AvgIpc) is 2.61. The fraction of sp³-hybridized carbons (Fsp3) is 0.800. The number of nitrogens with two attached hydrogens (primary N) is 1. The van der Waals surface area contributed by atoms with E-state index in [1.165, 1.54) is 37.3 Å². The molecule has 0 aliphatic heterocycles. The van der Waals surface area contributed by atoms with Crippen LogP contribution in [0.25, 0.3) is 0 Å². The summed E-state index contributed by atoms with van der Waals surface area (Å²) in [4.78, 5) is 2.47. The van der Waals surface area contributed by atoms with Crippen LogP contribution in [0.2, 0.25) is 0 Å². The Kier molecular flexibility index (Phi) is 5.57. The number of anilines is 1. The van der Waals surface area contributed by atoms with Crippen molar-refractivity contribution in [3.05, 3.63) is 5.01 Å². The lowest BCUT2D eigenvalue weighted by Gasteiger charge is -2.19. The molecule has 1 aromatic rings. The summed E-state index contributed by atoms with van der Waals surface area (Å²) in [5.41, 5.74) is 5.53. The van der Waals surface area contributed by atoms with E-state index < -0.39 is 0 Å². The Morgan fingerprint density at radius 1 is 1.13 bits per heavy atom. The minimum Gasteiger partial charge on any atom is -0.374 e. The third-order valence-corrected chi connectivity index (χ3v) is 3.02. The molecular formula is C10H20N4S. The molecule has 0 amide bonds. The fourth-order valence-electron chi connectivity index (χ4n) is 1.59. The molecule has 0 spiro atoms. The van der Waals surface area contributed by atoms with Gasteiger partial charge in [0.25, 0.3) is 0 Å². The Labute approximate surface area is 95.5 Å². The summed E-state index contributed by atoms with van der Waals surface area (Å²) in [6.45, 7) is 7.83. The number of hydrogen-bond donors (Lipinski definition) is 1. The fourth-order valence-corrected chi connectivity index (χ4v) is 2.19. The first-order valence-corrected chi connectivity index (χ1v) is 6.38. The predicted octanol–water partition coefficient (Wildman–Crippen LogP) is 1.78. The quantitative estimate of drug-likeness (QED) is 0.773. The Hall–Kier alpha value is -0.680. The van der Waals surface area contributed by atoms with Gasteiger partial charge in [-0.1, -0.05) is 25.2 Å². The maximum Gasteiger partial charge on any atom is 0.203 e. The van der Waals surface area contributed by atoms with Crippen molar-refractivity contribution in [2.45, 2.75) is 33.1 Å². The summed E-state index contributed by atoms with van der Waals surface area (Å²) >= 11 is 1.49. The Balaban J connectivity index is 2.32. The summed E-state index contributed by atoms with van der Waals surface area (Å²) < 4.78 is 0. The van der Waals surface area contributed by atoms with Crippen molar-refractivity contribution in [2.24, 2.45) is 0 Å². The van der Waals surface area contributed by atoms with E-state index in [1.807, 2.05) is 0 Å². The second-order valence-corrected chi connectivity index (χ2v) is 4.72. The molecular weight excluding hydrogens is 208 g/mol. The van der Waals surface area contributed by atoms with Gasteiger partial charge in [-0.2, -0.15) is 0 Å². The van der Waals surface area contributed by atoms with Gasteiger partial charge in [-0.3, -0.25) is 0 Å². The summed E-state index contributed by atoms with van der Waals surface area (Å²) in [5, 5.41) is 9.46. The van der Waals surface area contributed by atoms with Gasteiger partial charge in [0, 0.05) is 13.0 Å². The summed E-state index contributed by atoms with van der Waals surface area (Å²) in [7, 11) is 0. The highest BCUT2D eigenvalue weighted by Gasteiger charge is 2.05. The molecule has 0 radical (unpaired) electrons. The van der Waals surface area contributed by atoms with Crippen LogP contribution in [-0.2, 0) is 6.42 Å². The van der Waals surface area contributed by atoms with E-state index in [9.17, 15) is 0 Å². The molecule has 0 bridgehead atoms. The Bertz CT molecular complexity index is 268. The van der Waals surface area contributed by atoms with Gasteiger partial charge in [0.15, 0.2) is 0 Å². The van der Waals surface area contributed by atoms with E-state index in [2.05, 4.69) is 28.9 Å². The monoisotopic (exact) mass is 228 g/mol. The highest BCUT2D eigenvalue weighted by molar-refractivity contribution is 7.15. The Morgan fingerprint density at radius 2 is 1.80 bits per heavy atom. The van der Waals surface area contributed by atoms with Crippen LogP contribution in [0, 0.1) is 0 Å². The van der Waals surface area contributed by atoms with Crippen LogP contribution in [0.1, 0.15) is 31.7 Å². The minimum absolute atomic E-state index is 0.572. The zero-order chi connectivity index (χ0) is 11.1. The van der Waals surface area contributed by atoms with E-state index >= 15 is 0 Å². The van der Waals surface area contributed by atoms with Crippen LogP contribution in [0.15, 0.2) is 0 Å². The van der Waals surface area contributed by atoms with Crippen molar-refractivity contribution >= 4 is 16.5 Å². The summed E-state index contributed by atoms with van der Waals surface area (Å²) in [6, 6.07) is 0. The number of aromatic nitrogens is 2. The van der Waals surface area contributed by atoms with Gasteiger partial charge in [0.05, 0.1) is 0 Å². The van der Waals surface area contributed by atoms with Crippen LogP contribution in [0.5, 0.6) is 0 Å². The van der Waals surface area contributed by atoms with E-state index in [0.29, 0.717) is 5.13 Å².